The number of methoxy groups -OCH3 is 1. The van der Waals surface area contributed by atoms with Crippen molar-refractivity contribution in [2.45, 2.75) is 17.9 Å². The molecule has 0 saturated heterocycles. The van der Waals surface area contributed by atoms with Crippen molar-refractivity contribution >= 4 is 39.9 Å². The molecule has 1 amide bonds. The Labute approximate surface area is 181 Å². The van der Waals surface area contributed by atoms with Gasteiger partial charge in [-0.25, -0.2) is 13.6 Å². The van der Waals surface area contributed by atoms with Crippen molar-refractivity contribution in [2.24, 2.45) is 10.9 Å². The number of benzene rings is 2. The average Bonchev–Trinajstić information content (AvgIpc) is 2.63. The summed E-state index contributed by atoms with van der Waals surface area (Å²) in [4.78, 5) is 11.0. The number of hydrogen-bond donors (Lipinski definition) is 3. The van der Waals surface area contributed by atoms with Gasteiger partial charge in [-0.05, 0) is 48.4 Å². The lowest BCUT2D eigenvalue weighted by molar-refractivity contribution is -0.119. The highest BCUT2D eigenvalue weighted by Crippen LogP contribution is 2.36. The molecule has 0 atom stereocenters. The van der Waals surface area contributed by atoms with Crippen LogP contribution in [0.5, 0.6) is 11.5 Å². The second-order valence-electron chi connectivity index (χ2n) is 5.98. The summed E-state index contributed by atoms with van der Waals surface area (Å²) < 4.78 is 33.1. The first kappa shape index (κ1) is 25.0. The Morgan fingerprint density at radius 3 is 2.38 bits per heavy atom. The zero-order chi connectivity index (χ0) is 20.7. The van der Waals surface area contributed by atoms with Crippen LogP contribution in [0.4, 0.5) is 0 Å². The van der Waals surface area contributed by atoms with Crippen LogP contribution >= 0.6 is 24.0 Å². The number of ether oxygens (including phenoxy) is 2. The molecule has 160 valence electrons. The van der Waals surface area contributed by atoms with Gasteiger partial charge in [0, 0.05) is 6.54 Å². The summed E-state index contributed by atoms with van der Waals surface area (Å²) in [6, 6.07) is 9.91. The summed E-state index contributed by atoms with van der Waals surface area (Å²) in [5.74, 6) is 0.0618. The van der Waals surface area contributed by atoms with E-state index in [9.17, 15) is 13.2 Å². The number of amides is 1. The van der Waals surface area contributed by atoms with Crippen molar-refractivity contribution in [3.63, 3.8) is 0 Å². The highest BCUT2D eigenvalue weighted by molar-refractivity contribution is 7.89. The normalized spacial score (nSPS) is 10.9. The summed E-state index contributed by atoms with van der Waals surface area (Å²) in [5.41, 5.74) is 6.93. The van der Waals surface area contributed by atoms with E-state index in [2.05, 4.69) is 5.32 Å². The number of halogens is 2. The number of rotatable bonds is 10. The predicted molar refractivity (Wildman–Crippen MR) is 113 cm³/mol. The number of hydrogen-bond acceptors (Lipinski definition) is 6. The lowest BCUT2D eigenvalue weighted by Gasteiger charge is -2.14. The fraction of sp³-hybridized carbons (Fsp3) is 0.278. The number of nitrogens with two attached hydrogens (primary N) is 2. The van der Waals surface area contributed by atoms with Crippen molar-refractivity contribution < 1.29 is 22.7 Å². The number of sulfonamides is 1. The van der Waals surface area contributed by atoms with Crippen LogP contribution in [0, 0.1) is 0 Å². The first-order valence-corrected chi connectivity index (χ1v) is 10.2. The Morgan fingerprint density at radius 2 is 1.83 bits per heavy atom. The molecule has 0 unspecified atom stereocenters. The molecule has 0 aliphatic heterocycles. The summed E-state index contributed by atoms with van der Waals surface area (Å²) in [5, 5.41) is 8.67. The topological polar surface area (TPSA) is 134 Å². The smallest absolute Gasteiger partial charge is 0.255 e. The molecule has 11 heteroatoms. The molecule has 2 aromatic carbocycles. The fourth-order valence-electron chi connectivity index (χ4n) is 2.47. The molecule has 5 N–H and O–H groups in total. The van der Waals surface area contributed by atoms with Crippen molar-refractivity contribution in [3.05, 3.63) is 52.5 Å². The van der Waals surface area contributed by atoms with E-state index in [0.29, 0.717) is 30.3 Å². The van der Waals surface area contributed by atoms with Crippen LogP contribution in [-0.2, 0) is 27.8 Å². The van der Waals surface area contributed by atoms with Gasteiger partial charge < -0.3 is 20.5 Å². The standard InChI is InChI=1S/C18H22ClN3O5S.ClH/c1-26-16-9-13(8-15(19)18(16)27-11-17(20)23)10-22-7-6-12-2-4-14(5-3-12)28(21,24)25;/h2-5,8-9,22H,6-7,10-11H2,1H3,(H2,20,23)(H2,21,24,25);1H. The third kappa shape index (κ3) is 7.71. The van der Waals surface area contributed by atoms with Crippen LogP contribution in [0.15, 0.2) is 41.3 Å². The van der Waals surface area contributed by atoms with E-state index in [0.717, 1.165) is 11.1 Å². The highest BCUT2D eigenvalue weighted by Gasteiger charge is 2.13. The molecule has 0 bridgehead atoms. The Balaban J connectivity index is 0.00000420. The van der Waals surface area contributed by atoms with Gasteiger partial charge in [0.05, 0.1) is 17.0 Å². The van der Waals surface area contributed by atoms with E-state index in [1.165, 1.54) is 19.2 Å². The molecular formula is C18H23Cl2N3O5S. The van der Waals surface area contributed by atoms with Crippen LogP contribution < -0.4 is 25.7 Å². The zero-order valence-corrected chi connectivity index (χ0v) is 18.1. The van der Waals surface area contributed by atoms with Gasteiger partial charge in [-0.2, -0.15) is 0 Å². The second kappa shape index (κ2) is 11.2. The van der Waals surface area contributed by atoms with E-state index in [1.807, 2.05) is 0 Å². The Bertz CT molecular complexity index is 937. The van der Waals surface area contributed by atoms with Crippen LogP contribution in [0.3, 0.4) is 0 Å². The molecule has 0 spiro atoms. The number of carbonyl (C=O) groups excluding carboxylic acids is 1. The lowest BCUT2D eigenvalue weighted by atomic mass is 10.1. The Morgan fingerprint density at radius 1 is 1.17 bits per heavy atom. The summed E-state index contributed by atoms with van der Waals surface area (Å²) in [6.45, 7) is 0.897. The molecule has 29 heavy (non-hydrogen) atoms. The maximum absolute atomic E-state index is 11.3. The number of primary amides is 1. The number of primary sulfonamides is 1. The maximum atomic E-state index is 11.3. The predicted octanol–water partition coefficient (Wildman–Crippen LogP) is 1.61. The van der Waals surface area contributed by atoms with Gasteiger partial charge in [-0.3, -0.25) is 4.79 Å². The van der Waals surface area contributed by atoms with Gasteiger partial charge in [0.15, 0.2) is 18.1 Å². The van der Waals surface area contributed by atoms with Gasteiger partial charge in [0.1, 0.15) is 0 Å². The SMILES string of the molecule is COc1cc(CNCCc2ccc(S(N)(=O)=O)cc2)cc(Cl)c1OCC(N)=O.Cl. The van der Waals surface area contributed by atoms with Gasteiger partial charge in [0.25, 0.3) is 5.91 Å². The second-order valence-corrected chi connectivity index (χ2v) is 7.95. The first-order chi connectivity index (χ1) is 13.2. The minimum Gasteiger partial charge on any atom is -0.493 e. The molecule has 0 heterocycles. The van der Waals surface area contributed by atoms with Crippen LogP contribution in [0.2, 0.25) is 5.02 Å². The molecule has 0 aliphatic rings. The monoisotopic (exact) mass is 463 g/mol. The zero-order valence-electron chi connectivity index (χ0n) is 15.7. The number of nitrogens with one attached hydrogen (secondary N) is 1. The first-order valence-electron chi connectivity index (χ1n) is 8.30. The van der Waals surface area contributed by atoms with Crippen molar-refractivity contribution in [3.8, 4) is 11.5 Å². The molecule has 0 saturated carbocycles. The molecular weight excluding hydrogens is 441 g/mol. The van der Waals surface area contributed by atoms with Gasteiger partial charge >= 0.3 is 0 Å². The Kier molecular flexibility index (Phi) is 9.67. The summed E-state index contributed by atoms with van der Waals surface area (Å²) in [7, 11) is -2.20. The summed E-state index contributed by atoms with van der Waals surface area (Å²) >= 11 is 6.21. The van der Waals surface area contributed by atoms with Gasteiger partial charge in [-0.1, -0.05) is 23.7 Å². The quantitative estimate of drug-likeness (QED) is 0.458. The molecule has 8 nitrogen and oxygen atoms in total. The molecule has 0 fully saturated rings. The maximum Gasteiger partial charge on any atom is 0.255 e. The minimum atomic E-state index is -3.68. The van der Waals surface area contributed by atoms with E-state index < -0.39 is 15.9 Å². The van der Waals surface area contributed by atoms with Crippen molar-refractivity contribution in [2.75, 3.05) is 20.3 Å². The third-order valence-electron chi connectivity index (χ3n) is 3.82. The van der Waals surface area contributed by atoms with E-state index in [4.69, 9.17) is 31.9 Å². The third-order valence-corrected chi connectivity index (χ3v) is 5.03. The van der Waals surface area contributed by atoms with E-state index in [-0.39, 0.29) is 29.7 Å². The summed E-state index contributed by atoms with van der Waals surface area (Å²) in [6.07, 6.45) is 0.704. The van der Waals surface area contributed by atoms with Crippen molar-refractivity contribution in [1.29, 1.82) is 0 Å². The average molecular weight is 464 g/mol. The van der Waals surface area contributed by atoms with Crippen LogP contribution in [0.1, 0.15) is 11.1 Å². The van der Waals surface area contributed by atoms with E-state index >= 15 is 0 Å². The molecule has 0 radical (unpaired) electrons. The Hall–Kier alpha value is -2.04. The highest BCUT2D eigenvalue weighted by atomic mass is 35.5. The van der Waals surface area contributed by atoms with Gasteiger partial charge in [0.2, 0.25) is 10.0 Å². The fourth-order valence-corrected chi connectivity index (χ4v) is 3.27. The molecule has 2 rings (SSSR count). The largest absolute Gasteiger partial charge is 0.493 e. The minimum absolute atomic E-state index is 0. The molecule has 2 aromatic rings. The van der Waals surface area contributed by atoms with Crippen LogP contribution in [-0.4, -0.2) is 34.6 Å². The molecule has 0 aromatic heterocycles. The van der Waals surface area contributed by atoms with Crippen LogP contribution in [0.25, 0.3) is 0 Å². The number of carbonyl (C=O) groups is 1. The lowest BCUT2D eigenvalue weighted by Crippen LogP contribution is -2.20. The molecule has 0 aliphatic carbocycles. The van der Waals surface area contributed by atoms with E-state index in [1.54, 1.807) is 24.3 Å². The van der Waals surface area contributed by atoms with Gasteiger partial charge in [-0.15, -0.1) is 12.4 Å². The van der Waals surface area contributed by atoms with Crippen molar-refractivity contribution in [1.82, 2.24) is 5.32 Å².